The number of phenols is 2. The second-order valence-electron chi connectivity index (χ2n) is 8.41. The van der Waals surface area contributed by atoms with E-state index >= 15 is 0 Å². The van der Waals surface area contributed by atoms with E-state index in [2.05, 4.69) is 32.4 Å². The molecule has 0 unspecified atom stereocenters. The van der Waals surface area contributed by atoms with Gasteiger partial charge in [-0.15, -0.1) is 11.3 Å². The standard InChI is InChI=1S/C27H25N3O2S/c1-17-5-9-22-19(7-11-24(31)26(22)28-17)14-30(16-21-4-3-13-33-21)15-20-8-12-25(32)27-23(20)10-6-18(2)29-27/h3-13,31-32H,14-16H2,1-2H3. The molecule has 0 spiro atoms. The van der Waals surface area contributed by atoms with Crippen LogP contribution in [0.2, 0.25) is 0 Å². The van der Waals surface area contributed by atoms with Crippen LogP contribution in [0.5, 0.6) is 11.5 Å². The van der Waals surface area contributed by atoms with E-state index in [1.165, 1.54) is 4.88 Å². The average Bonchev–Trinajstić information content (AvgIpc) is 3.31. The first-order chi connectivity index (χ1) is 16.0. The van der Waals surface area contributed by atoms with E-state index in [4.69, 9.17) is 0 Å². The Morgan fingerprint density at radius 1 is 0.697 bits per heavy atom. The van der Waals surface area contributed by atoms with Crippen molar-refractivity contribution in [3.63, 3.8) is 0 Å². The third-order valence-electron chi connectivity index (χ3n) is 5.88. The van der Waals surface area contributed by atoms with Crippen LogP contribution in [0.4, 0.5) is 0 Å². The number of aryl methyl sites for hydroxylation is 2. The molecule has 5 nitrogen and oxygen atoms in total. The number of rotatable bonds is 6. The van der Waals surface area contributed by atoms with Crippen LogP contribution in [0.15, 0.2) is 66.0 Å². The van der Waals surface area contributed by atoms with Crippen molar-refractivity contribution in [2.45, 2.75) is 33.5 Å². The predicted octanol–water partition coefficient (Wildman–Crippen LogP) is 6.07. The number of aromatic hydroxyl groups is 2. The van der Waals surface area contributed by atoms with E-state index in [1.54, 1.807) is 23.5 Å². The minimum Gasteiger partial charge on any atom is -0.506 e. The molecule has 0 saturated carbocycles. The number of fused-ring (bicyclic) bond motifs is 2. The summed E-state index contributed by atoms with van der Waals surface area (Å²) in [5, 5.41) is 24.7. The molecule has 166 valence electrons. The molecule has 5 rings (SSSR count). The van der Waals surface area contributed by atoms with Crippen LogP contribution in [0, 0.1) is 13.8 Å². The maximum Gasteiger partial charge on any atom is 0.141 e. The number of hydrogen-bond donors (Lipinski definition) is 2. The van der Waals surface area contributed by atoms with Crippen LogP contribution in [0.25, 0.3) is 21.8 Å². The minimum absolute atomic E-state index is 0.202. The Bertz CT molecular complexity index is 1350. The Kier molecular flexibility index (Phi) is 5.70. The van der Waals surface area contributed by atoms with E-state index in [1.807, 2.05) is 50.2 Å². The first-order valence-corrected chi connectivity index (χ1v) is 11.8. The minimum atomic E-state index is 0.202. The van der Waals surface area contributed by atoms with Gasteiger partial charge >= 0.3 is 0 Å². The molecule has 2 aromatic carbocycles. The molecule has 3 heterocycles. The van der Waals surface area contributed by atoms with Gasteiger partial charge in [-0.05, 0) is 60.7 Å². The lowest BCUT2D eigenvalue weighted by Gasteiger charge is -2.24. The van der Waals surface area contributed by atoms with Crippen molar-refractivity contribution >= 4 is 33.1 Å². The van der Waals surface area contributed by atoms with Crippen LogP contribution >= 0.6 is 11.3 Å². The van der Waals surface area contributed by atoms with E-state index in [9.17, 15) is 10.2 Å². The first-order valence-electron chi connectivity index (χ1n) is 10.9. The molecule has 0 aliphatic carbocycles. The lowest BCUT2D eigenvalue weighted by molar-refractivity contribution is 0.252. The van der Waals surface area contributed by atoms with Gasteiger partial charge in [0.1, 0.15) is 22.5 Å². The molecule has 5 aromatic rings. The Labute approximate surface area is 196 Å². The molecule has 3 aromatic heterocycles. The van der Waals surface area contributed by atoms with Gasteiger partial charge in [-0.3, -0.25) is 4.90 Å². The fourth-order valence-electron chi connectivity index (χ4n) is 4.27. The molecule has 0 bridgehead atoms. The fraction of sp³-hybridized carbons (Fsp3) is 0.185. The van der Waals surface area contributed by atoms with Crippen LogP contribution in [-0.2, 0) is 19.6 Å². The maximum atomic E-state index is 10.4. The number of phenolic OH excluding ortho intramolecular Hbond substituents is 2. The van der Waals surface area contributed by atoms with Gasteiger partial charge < -0.3 is 10.2 Å². The number of thiophene rings is 1. The van der Waals surface area contributed by atoms with Gasteiger partial charge in [-0.1, -0.05) is 30.3 Å². The number of nitrogens with zero attached hydrogens (tertiary/aromatic N) is 3. The van der Waals surface area contributed by atoms with Gasteiger partial charge in [0, 0.05) is 46.7 Å². The molecule has 2 N–H and O–H groups in total. The maximum absolute atomic E-state index is 10.4. The third-order valence-corrected chi connectivity index (χ3v) is 6.74. The summed E-state index contributed by atoms with van der Waals surface area (Å²) >= 11 is 1.74. The zero-order chi connectivity index (χ0) is 22.9. The van der Waals surface area contributed by atoms with Gasteiger partial charge in [0.15, 0.2) is 0 Å². The topological polar surface area (TPSA) is 69.5 Å². The fourth-order valence-corrected chi connectivity index (χ4v) is 5.01. The van der Waals surface area contributed by atoms with Crippen LogP contribution in [0.3, 0.4) is 0 Å². The van der Waals surface area contributed by atoms with Crippen LogP contribution in [-0.4, -0.2) is 25.1 Å². The highest BCUT2D eigenvalue weighted by molar-refractivity contribution is 7.09. The lowest BCUT2D eigenvalue weighted by atomic mass is 10.0. The van der Waals surface area contributed by atoms with Gasteiger partial charge in [-0.2, -0.15) is 0 Å². The second kappa shape index (κ2) is 8.81. The summed E-state index contributed by atoms with van der Waals surface area (Å²) in [6.45, 7) is 6.05. The molecule has 0 fully saturated rings. The normalized spacial score (nSPS) is 11.6. The summed E-state index contributed by atoms with van der Waals surface area (Å²) in [6.07, 6.45) is 0. The van der Waals surface area contributed by atoms with Gasteiger partial charge in [-0.25, -0.2) is 9.97 Å². The van der Waals surface area contributed by atoms with Gasteiger partial charge in [0.2, 0.25) is 0 Å². The Balaban J connectivity index is 1.54. The molecule has 0 atom stereocenters. The highest BCUT2D eigenvalue weighted by Crippen LogP contribution is 2.31. The molecule has 6 heteroatoms. The smallest absolute Gasteiger partial charge is 0.141 e. The van der Waals surface area contributed by atoms with Crippen molar-refractivity contribution < 1.29 is 10.2 Å². The van der Waals surface area contributed by atoms with Crippen LogP contribution in [0.1, 0.15) is 27.4 Å². The van der Waals surface area contributed by atoms with E-state index < -0.39 is 0 Å². The molecule has 0 radical (unpaired) electrons. The number of benzene rings is 2. The van der Waals surface area contributed by atoms with Crippen molar-refractivity contribution in [1.29, 1.82) is 0 Å². The van der Waals surface area contributed by atoms with Gasteiger partial charge in [0.25, 0.3) is 0 Å². The Morgan fingerprint density at radius 2 is 1.24 bits per heavy atom. The lowest BCUT2D eigenvalue weighted by Crippen LogP contribution is -2.22. The third kappa shape index (κ3) is 4.40. The summed E-state index contributed by atoms with van der Waals surface area (Å²) < 4.78 is 0. The molecule has 0 saturated heterocycles. The average molecular weight is 456 g/mol. The first kappa shape index (κ1) is 21.4. The Hall–Kier alpha value is -3.48. The van der Waals surface area contributed by atoms with Crippen molar-refractivity contribution in [3.8, 4) is 11.5 Å². The van der Waals surface area contributed by atoms with E-state index in [0.29, 0.717) is 24.1 Å². The van der Waals surface area contributed by atoms with E-state index in [-0.39, 0.29) is 11.5 Å². The second-order valence-corrected chi connectivity index (χ2v) is 9.44. The van der Waals surface area contributed by atoms with Gasteiger partial charge in [0.05, 0.1) is 0 Å². The largest absolute Gasteiger partial charge is 0.506 e. The van der Waals surface area contributed by atoms with E-state index in [0.717, 1.165) is 39.8 Å². The summed E-state index contributed by atoms with van der Waals surface area (Å²) in [5.74, 6) is 0.404. The zero-order valence-electron chi connectivity index (χ0n) is 18.6. The molecule has 33 heavy (non-hydrogen) atoms. The van der Waals surface area contributed by atoms with Crippen LogP contribution < -0.4 is 0 Å². The summed E-state index contributed by atoms with van der Waals surface area (Å²) in [5.41, 5.74) is 5.26. The van der Waals surface area contributed by atoms with Crippen molar-refractivity contribution in [2.75, 3.05) is 0 Å². The summed E-state index contributed by atoms with van der Waals surface area (Å²) in [7, 11) is 0. The highest BCUT2D eigenvalue weighted by atomic mass is 32.1. The summed E-state index contributed by atoms with van der Waals surface area (Å²) in [4.78, 5) is 12.8. The van der Waals surface area contributed by atoms with Crippen molar-refractivity contribution in [2.24, 2.45) is 0 Å². The van der Waals surface area contributed by atoms with Crippen molar-refractivity contribution in [3.05, 3.63) is 93.4 Å². The molecule has 0 amide bonds. The number of aromatic nitrogens is 2. The Morgan fingerprint density at radius 3 is 1.73 bits per heavy atom. The monoisotopic (exact) mass is 455 g/mol. The molecule has 0 aliphatic rings. The number of hydrogen-bond acceptors (Lipinski definition) is 6. The van der Waals surface area contributed by atoms with Crippen molar-refractivity contribution in [1.82, 2.24) is 14.9 Å². The quantitative estimate of drug-likeness (QED) is 0.325. The predicted molar refractivity (Wildman–Crippen MR) is 134 cm³/mol. The zero-order valence-corrected chi connectivity index (χ0v) is 19.4. The SMILES string of the molecule is Cc1ccc2c(CN(Cc3cccs3)Cc3ccc(O)c4nc(C)ccc34)ccc(O)c2n1. The summed E-state index contributed by atoms with van der Waals surface area (Å²) in [6, 6.07) is 19.7. The highest BCUT2D eigenvalue weighted by Gasteiger charge is 2.16. The molecular weight excluding hydrogens is 430 g/mol. The molecule has 0 aliphatic heterocycles. The molecular formula is C27H25N3O2S. The number of pyridine rings is 2.